The van der Waals surface area contributed by atoms with Gasteiger partial charge in [0.15, 0.2) is 0 Å². The van der Waals surface area contributed by atoms with Crippen LogP contribution in [0.3, 0.4) is 0 Å². The molecule has 0 aliphatic carbocycles. The quantitative estimate of drug-likeness (QED) is 0.614. The molecule has 1 N–H and O–H groups in total. The number of nitrogens with zero attached hydrogens (tertiary/aromatic N) is 1. The van der Waals surface area contributed by atoms with Gasteiger partial charge in [0.2, 0.25) is 0 Å². The summed E-state index contributed by atoms with van der Waals surface area (Å²) in [6.45, 7) is 4.66. The van der Waals surface area contributed by atoms with Crippen LogP contribution in [0.25, 0.3) is 0 Å². The zero-order chi connectivity index (χ0) is 7.78. The normalized spacial score (nSPS) is 33.0. The van der Waals surface area contributed by atoms with Crippen molar-refractivity contribution in [2.24, 2.45) is 0 Å². The number of likely N-dealkylation sites (N-methyl/N-ethyl adjacent to an activating group) is 1. The zero-order valence-electron chi connectivity index (χ0n) is 6.79. The van der Waals surface area contributed by atoms with Crippen LogP contribution in [0.5, 0.6) is 0 Å². The van der Waals surface area contributed by atoms with E-state index in [9.17, 15) is 0 Å². The second-order valence-electron chi connectivity index (χ2n) is 3.21. The maximum atomic E-state index is 8.91. The number of hydrogen-bond donors (Lipinski definition) is 1. The van der Waals surface area contributed by atoms with Crippen molar-refractivity contribution < 1.29 is 5.11 Å². The van der Waals surface area contributed by atoms with Crippen molar-refractivity contribution in [3.63, 3.8) is 0 Å². The molecule has 1 heterocycles. The summed E-state index contributed by atoms with van der Waals surface area (Å²) in [5.41, 5.74) is 0. The highest BCUT2D eigenvalue weighted by Crippen LogP contribution is 2.36. The van der Waals surface area contributed by atoms with E-state index in [1.807, 2.05) is 11.8 Å². The molecule has 0 aromatic heterocycles. The number of hydrogen-bond acceptors (Lipinski definition) is 3. The fourth-order valence-corrected chi connectivity index (χ4v) is 2.41. The van der Waals surface area contributed by atoms with Gasteiger partial charge in [-0.05, 0) is 20.9 Å². The molecule has 1 unspecified atom stereocenters. The Labute approximate surface area is 66.6 Å². The molecule has 2 nitrogen and oxygen atoms in total. The van der Waals surface area contributed by atoms with Crippen molar-refractivity contribution >= 4 is 11.8 Å². The van der Waals surface area contributed by atoms with Gasteiger partial charge in [-0.1, -0.05) is 0 Å². The van der Waals surface area contributed by atoms with E-state index in [2.05, 4.69) is 25.8 Å². The Morgan fingerprint density at radius 3 is 2.50 bits per heavy atom. The van der Waals surface area contributed by atoms with Gasteiger partial charge in [-0.3, -0.25) is 4.90 Å². The largest absolute Gasteiger partial charge is 0.395 e. The van der Waals surface area contributed by atoms with Gasteiger partial charge in [-0.15, -0.1) is 11.8 Å². The number of thioether (sulfide) groups is 1. The highest BCUT2D eigenvalue weighted by Gasteiger charge is 2.36. The molecule has 0 aromatic carbocycles. The molecule has 0 radical (unpaired) electrons. The molecule has 0 aromatic rings. The zero-order valence-corrected chi connectivity index (χ0v) is 7.61. The summed E-state index contributed by atoms with van der Waals surface area (Å²) in [6, 6.07) is 0.361. The molecule has 1 fully saturated rings. The molecule has 1 rings (SSSR count). The smallest absolute Gasteiger partial charge is 0.0614 e. The van der Waals surface area contributed by atoms with E-state index in [1.54, 1.807) is 0 Å². The first-order chi connectivity index (χ1) is 4.58. The Kier molecular flexibility index (Phi) is 2.28. The van der Waals surface area contributed by atoms with E-state index in [1.165, 1.54) is 0 Å². The Balaban J connectivity index is 2.58. The van der Waals surface area contributed by atoms with Crippen LogP contribution in [-0.4, -0.2) is 40.3 Å². The highest BCUT2D eigenvalue weighted by molar-refractivity contribution is 8.00. The molecule has 0 bridgehead atoms. The van der Waals surface area contributed by atoms with Crippen molar-refractivity contribution in [2.45, 2.75) is 24.8 Å². The molecule has 10 heavy (non-hydrogen) atoms. The van der Waals surface area contributed by atoms with Gasteiger partial charge in [-0.25, -0.2) is 0 Å². The van der Waals surface area contributed by atoms with Crippen LogP contribution < -0.4 is 0 Å². The third kappa shape index (κ3) is 1.31. The average molecular weight is 161 g/mol. The van der Waals surface area contributed by atoms with Crippen LogP contribution in [0.2, 0.25) is 0 Å². The summed E-state index contributed by atoms with van der Waals surface area (Å²) in [5, 5.41) is 8.91. The summed E-state index contributed by atoms with van der Waals surface area (Å²) in [5.74, 6) is 1.06. The van der Waals surface area contributed by atoms with E-state index in [4.69, 9.17) is 5.11 Å². The van der Waals surface area contributed by atoms with Gasteiger partial charge in [0, 0.05) is 11.8 Å². The fraction of sp³-hybridized carbons (Fsp3) is 1.00. The van der Waals surface area contributed by atoms with Crippen molar-refractivity contribution in [1.29, 1.82) is 0 Å². The number of aliphatic hydroxyl groups is 1. The standard InChI is InChI=1S/C7H15NOS/c1-7(2)8(3)6(4-9)5-10-7/h6,9H,4-5H2,1-3H3. The first-order valence-corrected chi connectivity index (χ1v) is 4.54. The fourth-order valence-electron chi connectivity index (χ4n) is 1.13. The molecule has 0 spiro atoms. The monoisotopic (exact) mass is 161 g/mol. The van der Waals surface area contributed by atoms with E-state index in [-0.39, 0.29) is 11.5 Å². The SMILES string of the molecule is CN1C(CO)CSC1(C)C. The van der Waals surface area contributed by atoms with E-state index >= 15 is 0 Å². The van der Waals surface area contributed by atoms with Crippen molar-refractivity contribution in [3.8, 4) is 0 Å². The lowest BCUT2D eigenvalue weighted by atomic mass is 10.2. The Morgan fingerprint density at radius 2 is 2.30 bits per heavy atom. The Bertz CT molecular complexity index is 127. The van der Waals surface area contributed by atoms with Gasteiger partial charge >= 0.3 is 0 Å². The minimum atomic E-state index is 0.216. The van der Waals surface area contributed by atoms with Gasteiger partial charge in [0.05, 0.1) is 11.5 Å². The first-order valence-electron chi connectivity index (χ1n) is 3.55. The predicted octanol–water partition coefficient (Wildman–Crippen LogP) is 0.762. The molecule has 3 heteroatoms. The van der Waals surface area contributed by atoms with Crippen LogP contribution >= 0.6 is 11.8 Å². The minimum absolute atomic E-state index is 0.216. The third-order valence-corrected chi connectivity index (χ3v) is 3.78. The maximum absolute atomic E-state index is 8.91. The Hall–Kier alpha value is 0.270. The summed E-state index contributed by atoms with van der Waals surface area (Å²) in [4.78, 5) is 2.45. The van der Waals surface area contributed by atoms with Gasteiger partial charge in [0.25, 0.3) is 0 Å². The molecule has 60 valence electrons. The number of rotatable bonds is 1. The Morgan fingerprint density at radius 1 is 1.70 bits per heavy atom. The van der Waals surface area contributed by atoms with Gasteiger partial charge in [0.1, 0.15) is 0 Å². The molecule has 0 amide bonds. The molecule has 1 aliphatic rings. The summed E-state index contributed by atoms with van der Waals surface area (Å²) >= 11 is 1.91. The second-order valence-corrected chi connectivity index (χ2v) is 4.83. The summed E-state index contributed by atoms with van der Waals surface area (Å²) in [7, 11) is 2.07. The van der Waals surface area contributed by atoms with Crippen LogP contribution in [0.15, 0.2) is 0 Å². The average Bonchev–Trinajstić information content (AvgIpc) is 2.10. The second kappa shape index (κ2) is 2.72. The lowest BCUT2D eigenvalue weighted by Crippen LogP contribution is -2.40. The molecular weight excluding hydrogens is 146 g/mol. The van der Waals surface area contributed by atoms with Crippen LogP contribution in [0.1, 0.15) is 13.8 Å². The van der Waals surface area contributed by atoms with E-state index in [0.717, 1.165) is 5.75 Å². The maximum Gasteiger partial charge on any atom is 0.0614 e. The molecule has 1 aliphatic heterocycles. The predicted molar refractivity (Wildman–Crippen MR) is 45.2 cm³/mol. The lowest BCUT2D eigenvalue weighted by Gasteiger charge is -2.29. The molecule has 1 saturated heterocycles. The topological polar surface area (TPSA) is 23.5 Å². The van der Waals surface area contributed by atoms with Crippen LogP contribution in [0, 0.1) is 0 Å². The van der Waals surface area contributed by atoms with Gasteiger partial charge < -0.3 is 5.11 Å². The first kappa shape index (κ1) is 8.37. The van der Waals surface area contributed by atoms with Crippen molar-refractivity contribution in [3.05, 3.63) is 0 Å². The van der Waals surface area contributed by atoms with Crippen molar-refractivity contribution in [1.82, 2.24) is 4.90 Å². The molecular formula is C7H15NOS. The van der Waals surface area contributed by atoms with Crippen LogP contribution in [0.4, 0.5) is 0 Å². The minimum Gasteiger partial charge on any atom is -0.395 e. The van der Waals surface area contributed by atoms with E-state index < -0.39 is 0 Å². The van der Waals surface area contributed by atoms with E-state index in [0.29, 0.717) is 6.04 Å². The summed E-state index contributed by atoms with van der Waals surface area (Å²) < 4.78 is 0. The lowest BCUT2D eigenvalue weighted by molar-refractivity contribution is 0.136. The van der Waals surface area contributed by atoms with Crippen LogP contribution in [-0.2, 0) is 0 Å². The molecule has 1 atom stereocenters. The van der Waals surface area contributed by atoms with Gasteiger partial charge in [-0.2, -0.15) is 0 Å². The third-order valence-electron chi connectivity index (χ3n) is 2.24. The molecule has 0 saturated carbocycles. The van der Waals surface area contributed by atoms with Crippen molar-refractivity contribution in [2.75, 3.05) is 19.4 Å². The number of aliphatic hydroxyl groups excluding tert-OH is 1. The highest BCUT2D eigenvalue weighted by atomic mass is 32.2. The summed E-state index contributed by atoms with van der Waals surface area (Å²) in [6.07, 6.45) is 0.